The van der Waals surface area contributed by atoms with Crippen molar-refractivity contribution in [3.8, 4) is 16.9 Å². The van der Waals surface area contributed by atoms with Crippen molar-refractivity contribution in [1.29, 1.82) is 0 Å². The van der Waals surface area contributed by atoms with E-state index in [9.17, 15) is 0 Å². The number of hydrogen-bond donors (Lipinski definition) is 1. The first kappa shape index (κ1) is 11.5. The zero-order chi connectivity index (χ0) is 12.4. The third kappa shape index (κ3) is 2.26. The molecule has 2 heteroatoms. The van der Waals surface area contributed by atoms with E-state index in [0.717, 1.165) is 22.6 Å². The van der Waals surface area contributed by atoms with Crippen LogP contribution >= 0.6 is 0 Å². The largest absolute Gasteiger partial charge is 0.496 e. The molecule has 0 saturated carbocycles. The van der Waals surface area contributed by atoms with Gasteiger partial charge in [-0.3, -0.25) is 0 Å². The maximum absolute atomic E-state index is 5.76. The van der Waals surface area contributed by atoms with Crippen LogP contribution in [0.4, 0.5) is 5.69 Å². The molecule has 17 heavy (non-hydrogen) atoms. The Kier molecular flexibility index (Phi) is 3.05. The Bertz CT molecular complexity index is 547. The maximum atomic E-state index is 5.76. The normalized spacial score (nSPS) is 10.3. The van der Waals surface area contributed by atoms with Crippen molar-refractivity contribution in [2.24, 2.45) is 0 Å². The zero-order valence-corrected chi connectivity index (χ0v) is 10.4. The highest BCUT2D eigenvalue weighted by molar-refractivity contribution is 5.73. The topological polar surface area (TPSA) is 35.2 Å². The molecular formula is C15H17NO. The summed E-state index contributed by atoms with van der Waals surface area (Å²) in [4.78, 5) is 0. The lowest BCUT2D eigenvalue weighted by atomic mass is 9.99. The molecule has 0 spiro atoms. The SMILES string of the molecule is COc1cc(N)ccc1-c1ccc(C)c(C)c1. The number of aryl methyl sites for hydroxylation is 2. The van der Waals surface area contributed by atoms with Crippen molar-refractivity contribution in [2.45, 2.75) is 13.8 Å². The van der Waals surface area contributed by atoms with Gasteiger partial charge in [0.25, 0.3) is 0 Å². The molecule has 0 amide bonds. The summed E-state index contributed by atoms with van der Waals surface area (Å²) in [5, 5.41) is 0. The van der Waals surface area contributed by atoms with E-state index in [0.29, 0.717) is 0 Å². The van der Waals surface area contributed by atoms with Crippen LogP contribution in [0.5, 0.6) is 5.75 Å². The van der Waals surface area contributed by atoms with Crippen LogP contribution in [0.15, 0.2) is 36.4 Å². The third-order valence-electron chi connectivity index (χ3n) is 3.04. The molecule has 0 unspecified atom stereocenters. The van der Waals surface area contributed by atoms with Crippen molar-refractivity contribution in [3.63, 3.8) is 0 Å². The molecule has 0 atom stereocenters. The monoisotopic (exact) mass is 227 g/mol. The fourth-order valence-corrected chi connectivity index (χ4v) is 1.86. The molecule has 88 valence electrons. The highest BCUT2D eigenvalue weighted by Gasteiger charge is 2.06. The minimum Gasteiger partial charge on any atom is -0.496 e. The van der Waals surface area contributed by atoms with Crippen molar-refractivity contribution >= 4 is 5.69 Å². The molecule has 0 saturated heterocycles. The van der Waals surface area contributed by atoms with Gasteiger partial charge in [-0.25, -0.2) is 0 Å². The lowest BCUT2D eigenvalue weighted by molar-refractivity contribution is 0.416. The minimum absolute atomic E-state index is 0.717. The molecule has 0 radical (unpaired) electrons. The molecule has 0 aromatic heterocycles. The molecule has 0 aliphatic rings. The second kappa shape index (κ2) is 4.50. The van der Waals surface area contributed by atoms with Crippen LogP contribution in [-0.4, -0.2) is 7.11 Å². The lowest BCUT2D eigenvalue weighted by Gasteiger charge is -2.11. The number of anilines is 1. The van der Waals surface area contributed by atoms with Gasteiger partial charge in [-0.05, 0) is 42.7 Å². The fourth-order valence-electron chi connectivity index (χ4n) is 1.86. The van der Waals surface area contributed by atoms with Crippen LogP contribution in [0, 0.1) is 13.8 Å². The van der Waals surface area contributed by atoms with Crippen molar-refractivity contribution in [3.05, 3.63) is 47.5 Å². The van der Waals surface area contributed by atoms with Crippen LogP contribution in [0.2, 0.25) is 0 Å². The zero-order valence-electron chi connectivity index (χ0n) is 10.4. The van der Waals surface area contributed by atoms with E-state index in [-0.39, 0.29) is 0 Å². The molecule has 2 nitrogen and oxygen atoms in total. The predicted molar refractivity (Wildman–Crippen MR) is 72.3 cm³/mol. The van der Waals surface area contributed by atoms with Gasteiger partial charge in [-0.1, -0.05) is 18.2 Å². The summed E-state index contributed by atoms with van der Waals surface area (Å²) in [6, 6.07) is 12.1. The molecule has 2 rings (SSSR count). The van der Waals surface area contributed by atoms with E-state index in [1.54, 1.807) is 7.11 Å². The van der Waals surface area contributed by atoms with E-state index in [4.69, 9.17) is 10.5 Å². The molecule has 2 aromatic carbocycles. The second-order valence-electron chi connectivity index (χ2n) is 4.26. The Morgan fingerprint density at radius 3 is 2.35 bits per heavy atom. The van der Waals surface area contributed by atoms with E-state index in [2.05, 4.69) is 32.0 Å². The smallest absolute Gasteiger partial charge is 0.128 e. The number of nitrogen functional groups attached to an aromatic ring is 1. The van der Waals surface area contributed by atoms with Gasteiger partial charge in [0.05, 0.1) is 7.11 Å². The molecule has 0 aliphatic heterocycles. The van der Waals surface area contributed by atoms with Gasteiger partial charge in [0, 0.05) is 17.3 Å². The number of hydrogen-bond acceptors (Lipinski definition) is 2. The summed E-state index contributed by atoms with van der Waals surface area (Å²) in [6.45, 7) is 4.22. The Balaban J connectivity index is 2.55. The maximum Gasteiger partial charge on any atom is 0.128 e. The Morgan fingerprint density at radius 2 is 1.71 bits per heavy atom. The molecule has 0 fully saturated rings. The molecule has 0 heterocycles. The predicted octanol–water partition coefficient (Wildman–Crippen LogP) is 3.56. The summed E-state index contributed by atoms with van der Waals surface area (Å²) in [7, 11) is 1.67. The fraction of sp³-hybridized carbons (Fsp3) is 0.200. The number of nitrogens with two attached hydrogens (primary N) is 1. The highest BCUT2D eigenvalue weighted by Crippen LogP contribution is 2.32. The molecular weight excluding hydrogens is 210 g/mol. The van der Waals surface area contributed by atoms with Crippen molar-refractivity contribution in [2.75, 3.05) is 12.8 Å². The first-order valence-electron chi connectivity index (χ1n) is 5.63. The van der Waals surface area contributed by atoms with E-state index in [1.165, 1.54) is 11.1 Å². The Labute approximate surface area is 102 Å². The van der Waals surface area contributed by atoms with Gasteiger partial charge in [0.1, 0.15) is 5.75 Å². The standard InChI is InChI=1S/C15H17NO/c1-10-4-5-12(8-11(10)2)14-7-6-13(16)9-15(14)17-3/h4-9H,16H2,1-3H3. The van der Waals surface area contributed by atoms with Gasteiger partial charge in [-0.15, -0.1) is 0 Å². The lowest BCUT2D eigenvalue weighted by Crippen LogP contribution is -1.92. The third-order valence-corrected chi connectivity index (χ3v) is 3.04. The van der Waals surface area contributed by atoms with Crippen LogP contribution in [0.25, 0.3) is 11.1 Å². The van der Waals surface area contributed by atoms with Gasteiger partial charge in [0.2, 0.25) is 0 Å². The minimum atomic E-state index is 0.717. The van der Waals surface area contributed by atoms with Crippen LogP contribution in [-0.2, 0) is 0 Å². The molecule has 2 aromatic rings. The number of ether oxygens (including phenoxy) is 1. The van der Waals surface area contributed by atoms with Gasteiger partial charge >= 0.3 is 0 Å². The van der Waals surface area contributed by atoms with Gasteiger partial charge in [-0.2, -0.15) is 0 Å². The quantitative estimate of drug-likeness (QED) is 0.796. The van der Waals surface area contributed by atoms with Gasteiger partial charge in [0.15, 0.2) is 0 Å². The van der Waals surface area contributed by atoms with Crippen LogP contribution < -0.4 is 10.5 Å². The Morgan fingerprint density at radius 1 is 0.941 bits per heavy atom. The highest BCUT2D eigenvalue weighted by atomic mass is 16.5. The number of benzene rings is 2. The molecule has 0 aliphatic carbocycles. The summed E-state index contributed by atoms with van der Waals surface area (Å²) >= 11 is 0. The summed E-state index contributed by atoms with van der Waals surface area (Å²) in [6.07, 6.45) is 0. The molecule has 0 bridgehead atoms. The van der Waals surface area contributed by atoms with Crippen molar-refractivity contribution in [1.82, 2.24) is 0 Å². The van der Waals surface area contributed by atoms with E-state index < -0.39 is 0 Å². The summed E-state index contributed by atoms with van der Waals surface area (Å²) in [5.74, 6) is 0.813. The van der Waals surface area contributed by atoms with E-state index in [1.807, 2.05) is 18.2 Å². The Hall–Kier alpha value is -1.96. The summed E-state index contributed by atoms with van der Waals surface area (Å²) < 4.78 is 5.37. The first-order valence-corrected chi connectivity index (χ1v) is 5.63. The second-order valence-corrected chi connectivity index (χ2v) is 4.26. The van der Waals surface area contributed by atoms with Crippen molar-refractivity contribution < 1.29 is 4.74 Å². The average molecular weight is 227 g/mol. The molecule has 2 N–H and O–H groups in total. The van der Waals surface area contributed by atoms with Gasteiger partial charge < -0.3 is 10.5 Å². The average Bonchev–Trinajstić information content (AvgIpc) is 2.32. The number of rotatable bonds is 2. The van der Waals surface area contributed by atoms with Crippen LogP contribution in [0.1, 0.15) is 11.1 Å². The number of methoxy groups -OCH3 is 1. The van der Waals surface area contributed by atoms with Crippen LogP contribution in [0.3, 0.4) is 0 Å². The first-order chi connectivity index (χ1) is 8.11. The summed E-state index contributed by atoms with van der Waals surface area (Å²) in [5.41, 5.74) is 11.3. The van der Waals surface area contributed by atoms with E-state index >= 15 is 0 Å².